The maximum absolute atomic E-state index is 4.84. The average molecular weight is 534 g/mol. The number of rotatable bonds is 5. The van der Waals surface area contributed by atoms with Crippen molar-refractivity contribution in [1.82, 2.24) is 20.7 Å². The molecule has 1 saturated heterocycles. The van der Waals surface area contributed by atoms with Crippen LogP contribution < -0.4 is 10.6 Å². The van der Waals surface area contributed by atoms with Gasteiger partial charge in [0.15, 0.2) is 5.96 Å². The summed E-state index contributed by atoms with van der Waals surface area (Å²) in [5.41, 5.74) is 2.23. The van der Waals surface area contributed by atoms with Gasteiger partial charge in [-0.25, -0.2) is 0 Å². The van der Waals surface area contributed by atoms with E-state index < -0.39 is 0 Å². The van der Waals surface area contributed by atoms with Crippen molar-refractivity contribution in [2.24, 2.45) is 4.99 Å². The van der Waals surface area contributed by atoms with Crippen LogP contribution in [0.5, 0.6) is 0 Å². The standard InChI is InChI=1S/C18H24BrN5O.HI/c1-20-18(21-12-17-8-11-25-23-17)22-16-6-9-24(10-7-16)13-14-2-4-15(19)5-3-14;/h2-5,8,11,16H,6-7,9-10,12-13H2,1H3,(H2,20,21,22);1H. The SMILES string of the molecule is CN=C(NCc1ccon1)NC1CCN(Cc2ccc(Br)cc2)CC1.I. The number of likely N-dealkylation sites (tertiary alicyclic amines) is 1. The Hall–Kier alpha value is -1.13. The summed E-state index contributed by atoms with van der Waals surface area (Å²) in [5, 5.41) is 10.7. The maximum atomic E-state index is 4.84. The molecule has 3 rings (SSSR count). The highest BCUT2D eigenvalue weighted by Crippen LogP contribution is 2.16. The molecule has 1 aliphatic heterocycles. The van der Waals surface area contributed by atoms with Crippen LogP contribution in [0.4, 0.5) is 0 Å². The first-order valence-corrected chi connectivity index (χ1v) is 9.35. The summed E-state index contributed by atoms with van der Waals surface area (Å²) in [5.74, 6) is 0.814. The van der Waals surface area contributed by atoms with Gasteiger partial charge >= 0.3 is 0 Å². The Kier molecular flexibility index (Phi) is 8.86. The molecule has 1 fully saturated rings. The topological polar surface area (TPSA) is 65.7 Å². The van der Waals surface area contributed by atoms with Crippen LogP contribution in [-0.2, 0) is 13.1 Å². The lowest BCUT2D eigenvalue weighted by molar-refractivity contribution is 0.198. The molecule has 0 spiro atoms. The van der Waals surface area contributed by atoms with E-state index >= 15 is 0 Å². The van der Waals surface area contributed by atoms with Crippen LogP contribution in [0.15, 0.2) is 50.6 Å². The van der Waals surface area contributed by atoms with Gasteiger partial charge in [-0.05, 0) is 30.5 Å². The van der Waals surface area contributed by atoms with E-state index in [0.717, 1.165) is 48.6 Å². The number of nitrogens with zero attached hydrogens (tertiary/aromatic N) is 3. The van der Waals surface area contributed by atoms with E-state index in [1.807, 2.05) is 6.07 Å². The van der Waals surface area contributed by atoms with Crippen molar-refractivity contribution in [1.29, 1.82) is 0 Å². The van der Waals surface area contributed by atoms with Crippen molar-refractivity contribution in [3.8, 4) is 0 Å². The van der Waals surface area contributed by atoms with Gasteiger partial charge in [-0.1, -0.05) is 33.2 Å². The maximum Gasteiger partial charge on any atom is 0.191 e. The van der Waals surface area contributed by atoms with Crippen LogP contribution in [0.2, 0.25) is 0 Å². The molecule has 2 N–H and O–H groups in total. The van der Waals surface area contributed by atoms with Crippen LogP contribution in [0.25, 0.3) is 0 Å². The van der Waals surface area contributed by atoms with Gasteiger partial charge in [-0.2, -0.15) is 0 Å². The van der Waals surface area contributed by atoms with Gasteiger partial charge in [0.05, 0.1) is 6.54 Å². The molecule has 26 heavy (non-hydrogen) atoms. The smallest absolute Gasteiger partial charge is 0.191 e. The largest absolute Gasteiger partial charge is 0.364 e. The molecule has 1 aromatic heterocycles. The van der Waals surface area contributed by atoms with Crippen LogP contribution in [0, 0.1) is 0 Å². The summed E-state index contributed by atoms with van der Waals surface area (Å²) in [4.78, 5) is 6.80. The molecule has 2 heterocycles. The van der Waals surface area contributed by atoms with E-state index in [0.29, 0.717) is 12.6 Å². The number of nitrogens with one attached hydrogen (secondary N) is 2. The van der Waals surface area contributed by atoms with Gasteiger partial charge in [-0.15, -0.1) is 24.0 Å². The summed E-state index contributed by atoms with van der Waals surface area (Å²) in [7, 11) is 1.79. The van der Waals surface area contributed by atoms with Gasteiger partial charge in [0, 0.05) is 43.3 Å². The molecule has 0 atom stereocenters. The third-order valence-electron chi connectivity index (χ3n) is 4.40. The molecule has 1 aliphatic rings. The Morgan fingerprint density at radius 1 is 1.27 bits per heavy atom. The summed E-state index contributed by atoms with van der Waals surface area (Å²) < 4.78 is 5.97. The van der Waals surface area contributed by atoms with Gasteiger partial charge in [0.2, 0.25) is 0 Å². The van der Waals surface area contributed by atoms with E-state index in [9.17, 15) is 0 Å². The quantitative estimate of drug-likeness (QED) is 0.350. The molecule has 0 aliphatic carbocycles. The number of aromatic nitrogens is 1. The van der Waals surface area contributed by atoms with E-state index in [-0.39, 0.29) is 24.0 Å². The molecule has 6 nitrogen and oxygen atoms in total. The van der Waals surface area contributed by atoms with E-state index in [2.05, 4.69) is 65.9 Å². The first-order chi connectivity index (χ1) is 12.2. The Balaban J connectivity index is 0.00000243. The lowest BCUT2D eigenvalue weighted by atomic mass is 10.0. The number of aliphatic imine (C=N–C) groups is 1. The molecule has 142 valence electrons. The van der Waals surface area contributed by atoms with E-state index in [1.165, 1.54) is 5.56 Å². The summed E-state index contributed by atoms with van der Waals surface area (Å²) in [6.45, 7) is 3.81. The second-order valence-corrected chi connectivity index (χ2v) is 7.15. The van der Waals surface area contributed by atoms with Crippen LogP contribution in [0.1, 0.15) is 24.1 Å². The highest BCUT2D eigenvalue weighted by molar-refractivity contribution is 14.0. The van der Waals surface area contributed by atoms with Crippen molar-refractivity contribution in [2.75, 3.05) is 20.1 Å². The molecule has 1 aromatic carbocycles. The second-order valence-electron chi connectivity index (χ2n) is 6.24. The minimum absolute atomic E-state index is 0. The van der Waals surface area contributed by atoms with Crippen LogP contribution in [-0.4, -0.2) is 42.2 Å². The lowest BCUT2D eigenvalue weighted by Gasteiger charge is -2.33. The first kappa shape index (κ1) is 21.2. The molecule has 0 bridgehead atoms. The Morgan fingerprint density at radius 3 is 2.62 bits per heavy atom. The lowest BCUT2D eigenvalue weighted by Crippen LogP contribution is -2.48. The van der Waals surface area contributed by atoms with Crippen LogP contribution >= 0.6 is 39.9 Å². The molecule has 0 radical (unpaired) electrons. The van der Waals surface area contributed by atoms with Gasteiger partial charge in [0.25, 0.3) is 0 Å². The van der Waals surface area contributed by atoms with Crippen molar-refractivity contribution in [2.45, 2.75) is 32.0 Å². The third kappa shape index (κ3) is 6.55. The fourth-order valence-corrected chi connectivity index (χ4v) is 3.24. The Labute approximate surface area is 179 Å². The normalized spacial score (nSPS) is 16.2. The monoisotopic (exact) mass is 533 g/mol. The van der Waals surface area contributed by atoms with Gasteiger partial charge in [-0.3, -0.25) is 9.89 Å². The predicted octanol–water partition coefficient (Wildman–Crippen LogP) is 3.38. The number of benzene rings is 1. The highest BCUT2D eigenvalue weighted by Gasteiger charge is 2.20. The number of piperidine rings is 1. The Morgan fingerprint density at radius 2 is 2.00 bits per heavy atom. The second kappa shape index (κ2) is 10.9. The minimum Gasteiger partial charge on any atom is -0.364 e. The third-order valence-corrected chi connectivity index (χ3v) is 4.93. The van der Waals surface area contributed by atoms with Crippen molar-refractivity contribution < 1.29 is 4.52 Å². The zero-order valence-electron chi connectivity index (χ0n) is 14.8. The van der Waals surface area contributed by atoms with Crippen molar-refractivity contribution >= 4 is 45.9 Å². The summed E-state index contributed by atoms with van der Waals surface area (Å²) in [6, 6.07) is 10.9. The van der Waals surface area contributed by atoms with Crippen molar-refractivity contribution in [3.05, 3.63) is 52.3 Å². The fourth-order valence-electron chi connectivity index (χ4n) is 2.97. The highest BCUT2D eigenvalue weighted by atomic mass is 127. The molecule has 8 heteroatoms. The molecular formula is C18H25BrIN5O. The van der Waals surface area contributed by atoms with Gasteiger partial charge < -0.3 is 15.2 Å². The average Bonchev–Trinajstić information content (AvgIpc) is 3.15. The minimum atomic E-state index is 0. The Bertz CT molecular complexity index is 669. The van der Waals surface area contributed by atoms with Crippen molar-refractivity contribution in [3.63, 3.8) is 0 Å². The van der Waals surface area contributed by atoms with Gasteiger partial charge in [0.1, 0.15) is 12.0 Å². The zero-order valence-corrected chi connectivity index (χ0v) is 18.7. The summed E-state index contributed by atoms with van der Waals surface area (Å²) >= 11 is 3.49. The number of hydrogen-bond acceptors (Lipinski definition) is 4. The van der Waals surface area contributed by atoms with Crippen LogP contribution in [0.3, 0.4) is 0 Å². The molecule has 2 aromatic rings. The zero-order chi connectivity index (χ0) is 17.5. The molecule has 0 unspecified atom stereocenters. The molecule has 0 saturated carbocycles. The van der Waals surface area contributed by atoms with E-state index in [4.69, 9.17) is 4.52 Å². The fraction of sp³-hybridized carbons (Fsp3) is 0.444. The molecule has 0 amide bonds. The summed E-state index contributed by atoms with van der Waals surface area (Å²) in [6.07, 6.45) is 3.80. The molecular weight excluding hydrogens is 509 g/mol. The predicted molar refractivity (Wildman–Crippen MR) is 118 cm³/mol. The van der Waals surface area contributed by atoms with E-state index in [1.54, 1.807) is 13.3 Å². The number of hydrogen-bond donors (Lipinski definition) is 2. The first-order valence-electron chi connectivity index (χ1n) is 8.56. The number of guanidine groups is 1. The number of halogens is 2.